The molecule has 2 atom stereocenters. The minimum absolute atomic E-state index is 0.00647. The summed E-state index contributed by atoms with van der Waals surface area (Å²) in [6, 6.07) is 8.14. The topological polar surface area (TPSA) is 93.1 Å². The van der Waals surface area contributed by atoms with Crippen molar-refractivity contribution in [2.45, 2.75) is 84.4 Å². The first-order chi connectivity index (χ1) is 19.0. The van der Waals surface area contributed by atoms with Crippen molar-refractivity contribution in [1.82, 2.24) is 19.7 Å². The Morgan fingerprint density at radius 3 is 2.55 bits per heavy atom. The summed E-state index contributed by atoms with van der Waals surface area (Å²) in [4.78, 5) is 41.6. The first kappa shape index (κ1) is 29.5. The summed E-state index contributed by atoms with van der Waals surface area (Å²) in [7, 11) is 2.05. The normalized spacial score (nSPS) is 18.8. The van der Waals surface area contributed by atoms with E-state index in [2.05, 4.69) is 27.8 Å². The number of aromatic nitrogens is 1. The van der Waals surface area contributed by atoms with Crippen LogP contribution in [0.2, 0.25) is 0 Å². The zero-order valence-corrected chi connectivity index (χ0v) is 24.6. The number of esters is 1. The zero-order valence-electron chi connectivity index (χ0n) is 24.6. The van der Waals surface area contributed by atoms with Gasteiger partial charge < -0.3 is 29.2 Å². The number of unbranched alkanes of at least 4 members (excludes halogenated alkanes) is 3. The summed E-state index contributed by atoms with van der Waals surface area (Å²) in [6.45, 7) is 8.97. The van der Waals surface area contributed by atoms with E-state index in [0.717, 1.165) is 60.7 Å². The highest BCUT2D eigenvalue weighted by Gasteiger charge is 2.34. The lowest BCUT2D eigenvalue weighted by molar-refractivity contribution is -0.148. The molecule has 4 rings (SSSR count). The van der Waals surface area contributed by atoms with E-state index in [1.807, 2.05) is 63.3 Å². The predicted octanol–water partition coefficient (Wildman–Crippen LogP) is 5.33. The predicted molar refractivity (Wildman–Crippen MR) is 154 cm³/mol. The number of nitrogens with one attached hydrogen (secondary N) is 1. The first-order valence-electron chi connectivity index (χ1n) is 14.5. The third-order valence-corrected chi connectivity index (χ3v) is 7.77. The molecule has 1 amide bonds. The standard InChI is InChI=1S/C31H44N4O5/c1-22-34(20-23-15-16-26-28(29(23)37)24-12-9-10-13-25(24)33(26)5)18-19-35(22)21-39-27(36)14-8-6-7-11-17-32-30(38)40-31(2,3)4/h9-10,12-13,18-19,22-23H,6-8,11,14-17,20-21H2,1-5H3,(H,32,38). The first-order valence-corrected chi connectivity index (χ1v) is 14.5. The maximum Gasteiger partial charge on any atom is 0.407 e. The van der Waals surface area contributed by atoms with Crippen LogP contribution in [0.4, 0.5) is 4.79 Å². The van der Waals surface area contributed by atoms with E-state index in [4.69, 9.17) is 9.47 Å². The van der Waals surface area contributed by atoms with E-state index in [1.165, 1.54) is 0 Å². The van der Waals surface area contributed by atoms with Gasteiger partial charge in [0.2, 0.25) is 0 Å². The monoisotopic (exact) mass is 552 g/mol. The summed E-state index contributed by atoms with van der Waals surface area (Å²) < 4.78 is 12.9. The minimum Gasteiger partial charge on any atom is -0.444 e. The highest BCUT2D eigenvalue weighted by molar-refractivity contribution is 6.11. The summed E-state index contributed by atoms with van der Waals surface area (Å²) in [6.07, 6.45) is 9.05. The van der Waals surface area contributed by atoms with Crippen molar-refractivity contribution in [3.05, 3.63) is 47.9 Å². The molecule has 1 aromatic heterocycles. The Morgan fingerprint density at radius 1 is 1.05 bits per heavy atom. The average molecular weight is 553 g/mol. The van der Waals surface area contributed by atoms with Gasteiger partial charge in [0, 0.05) is 67.0 Å². The summed E-state index contributed by atoms with van der Waals surface area (Å²) >= 11 is 0. The van der Waals surface area contributed by atoms with Gasteiger partial charge in [0.1, 0.15) is 11.8 Å². The van der Waals surface area contributed by atoms with Crippen molar-refractivity contribution in [3.8, 4) is 0 Å². The van der Waals surface area contributed by atoms with Crippen LogP contribution >= 0.6 is 0 Å². The molecular weight excluding hydrogens is 508 g/mol. The fourth-order valence-electron chi connectivity index (χ4n) is 5.53. The van der Waals surface area contributed by atoms with Crippen LogP contribution < -0.4 is 5.32 Å². The molecule has 0 bridgehead atoms. The second-order valence-corrected chi connectivity index (χ2v) is 11.9. The summed E-state index contributed by atoms with van der Waals surface area (Å²) in [5.74, 6) is -0.0479. The third kappa shape index (κ3) is 7.17. The van der Waals surface area contributed by atoms with Crippen molar-refractivity contribution in [2.24, 2.45) is 13.0 Å². The van der Waals surface area contributed by atoms with Crippen LogP contribution in [-0.4, -0.2) is 63.8 Å². The lowest BCUT2D eigenvalue weighted by Gasteiger charge is -2.33. The largest absolute Gasteiger partial charge is 0.444 e. The fourth-order valence-corrected chi connectivity index (χ4v) is 5.53. The minimum atomic E-state index is -0.498. The van der Waals surface area contributed by atoms with Crippen LogP contribution in [-0.2, 0) is 27.7 Å². The highest BCUT2D eigenvalue weighted by atomic mass is 16.6. The molecule has 0 saturated heterocycles. The molecule has 218 valence electrons. The van der Waals surface area contributed by atoms with Crippen molar-refractivity contribution >= 4 is 28.7 Å². The number of para-hydroxylation sites is 1. The van der Waals surface area contributed by atoms with Gasteiger partial charge in [-0.1, -0.05) is 31.0 Å². The molecule has 0 saturated carbocycles. The van der Waals surface area contributed by atoms with Gasteiger partial charge in [-0.3, -0.25) is 9.59 Å². The van der Waals surface area contributed by atoms with Gasteiger partial charge in [0.15, 0.2) is 12.5 Å². The van der Waals surface area contributed by atoms with Gasteiger partial charge in [0.05, 0.1) is 0 Å². The third-order valence-electron chi connectivity index (χ3n) is 7.77. The molecular formula is C31H44N4O5. The molecule has 1 aliphatic heterocycles. The number of carbonyl (C=O) groups is 3. The molecule has 1 N–H and O–H groups in total. The van der Waals surface area contributed by atoms with Gasteiger partial charge in [-0.2, -0.15) is 0 Å². The van der Waals surface area contributed by atoms with Crippen LogP contribution in [0.25, 0.3) is 10.9 Å². The van der Waals surface area contributed by atoms with E-state index in [9.17, 15) is 14.4 Å². The molecule has 2 unspecified atom stereocenters. The summed E-state index contributed by atoms with van der Waals surface area (Å²) in [5, 5.41) is 3.80. The number of aryl methyl sites for hydroxylation is 1. The van der Waals surface area contributed by atoms with Crippen LogP contribution in [0.15, 0.2) is 36.7 Å². The number of alkyl carbamates (subject to hydrolysis) is 1. The number of benzene rings is 1. The molecule has 9 nitrogen and oxygen atoms in total. The van der Waals surface area contributed by atoms with Crippen molar-refractivity contribution < 1.29 is 23.9 Å². The SMILES string of the molecule is CC1N(COC(=O)CCCCCCNC(=O)OC(C)(C)C)C=CN1CC1CCc2c(c3ccccc3n2C)C1=O. The van der Waals surface area contributed by atoms with Gasteiger partial charge in [-0.05, 0) is 59.4 Å². The Morgan fingerprint density at radius 2 is 1.77 bits per heavy atom. The number of hydrogen-bond donors (Lipinski definition) is 1. The second kappa shape index (κ2) is 12.8. The molecule has 0 spiro atoms. The van der Waals surface area contributed by atoms with Crippen LogP contribution in [0.5, 0.6) is 0 Å². The van der Waals surface area contributed by atoms with E-state index in [1.54, 1.807) is 0 Å². The smallest absolute Gasteiger partial charge is 0.407 e. The Balaban J connectivity index is 1.14. The molecule has 9 heteroatoms. The number of fused-ring (bicyclic) bond motifs is 3. The average Bonchev–Trinajstić information content (AvgIpc) is 3.39. The molecule has 40 heavy (non-hydrogen) atoms. The molecule has 2 aliphatic rings. The molecule has 2 heterocycles. The fraction of sp³-hybridized carbons (Fsp3) is 0.581. The zero-order chi connectivity index (χ0) is 28.9. The number of ether oxygens (including phenoxy) is 2. The Hall–Kier alpha value is -3.49. The van der Waals surface area contributed by atoms with Crippen LogP contribution in [0, 0.1) is 5.92 Å². The highest BCUT2D eigenvalue weighted by Crippen LogP contribution is 2.34. The number of Topliss-reactive ketones (excluding diaryl/α,β-unsaturated/α-hetero) is 1. The van der Waals surface area contributed by atoms with Crippen molar-refractivity contribution in [3.63, 3.8) is 0 Å². The lowest BCUT2D eigenvalue weighted by Crippen LogP contribution is -2.41. The van der Waals surface area contributed by atoms with Gasteiger partial charge in [-0.25, -0.2) is 4.79 Å². The summed E-state index contributed by atoms with van der Waals surface area (Å²) in [5.41, 5.74) is 2.63. The quantitative estimate of drug-likeness (QED) is 0.297. The van der Waals surface area contributed by atoms with E-state index in [-0.39, 0.29) is 30.6 Å². The lowest BCUT2D eigenvalue weighted by atomic mass is 9.84. The Bertz CT molecular complexity index is 1240. The number of nitrogens with zero attached hydrogens (tertiary/aromatic N) is 3. The number of amides is 1. The number of hydrogen-bond acceptors (Lipinski definition) is 7. The van der Waals surface area contributed by atoms with E-state index >= 15 is 0 Å². The van der Waals surface area contributed by atoms with Crippen molar-refractivity contribution in [2.75, 3.05) is 19.8 Å². The maximum atomic E-state index is 13.5. The molecule has 0 fully saturated rings. The number of ketones is 1. The van der Waals surface area contributed by atoms with Gasteiger partial charge in [0.25, 0.3) is 0 Å². The second-order valence-electron chi connectivity index (χ2n) is 11.9. The van der Waals surface area contributed by atoms with Gasteiger partial charge >= 0.3 is 12.1 Å². The maximum absolute atomic E-state index is 13.5. The number of carbonyl (C=O) groups excluding carboxylic acids is 3. The van der Waals surface area contributed by atoms with E-state index in [0.29, 0.717) is 19.5 Å². The Kier molecular flexibility index (Phi) is 9.43. The van der Waals surface area contributed by atoms with Crippen molar-refractivity contribution in [1.29, 1.82) is 0 Å². The van der Waals surface area contributed by atoms with Crippen LogP contribution in [0.1, 0.15) is 82.3 Å². The molecule has 2 aromatic rings. The number of rotatable bonds is 11. The molecule has 1 aliphatic carbocycles. The molecule has 0 radical (unpaired) electrons. The molecule has 1 aromatic carbocycles. The van der Waals surface area contributed by atoms with Crippen LogP contribution in [0.3, 0.4) is 0 Å². The Labute approximate surface area is 237 Å². The van der Waals surface area contributed by atoms with E-state index < -0.39 is 11.7 Å². The van der Waals surface area contributed by atoms with Gasteiger partial charge in [-0.15, -0.1) is 0 Å².